The smallest absolute Gasteiger partial charge is 0.272 e. The van der Waals surface area contributed by atoms with Crippen molar-refractivity contribution in [2.24, 2.45) is 0 Å². The number of nitro groups is 1. The molecule has 1 saturated carbocycles. The number of hydrogen-bond donors (Lipinski definition) is 1. The number of thioether (sulfide) groups is 1. The van der Waals surface area contributed by atoms with Crippen molar-refractivity contribution >= 4 is 17.4 Å². The second kappa shape index (κ2) is 5.92. The lowest BCUT2D eigenvalue weighted by Crippen LogP contribution is -2.43. The second-order valence-electron chi connectivity index (χ2n) is 5.22. The Morgan fingerprint density at radius 3 is 2.74 bits per heavy atom. The second-order valence-corrected chi connectivity index (χ2v) is 6.50. The predicted octanol–water partition coefficient (Wildman–Crippen LogP) is 3.28. The monoisotopic (exact) mass is 280 g/mol. The van der Waals surface area contributed by atoms with Crippen LogP contribution in [0.4, 0.5) is 5.69 Å². The van der Waals surface area contributed by atoms with Gasteiger partial charge < -0.3 is 5.32 Å². The van der Waals surface area contributed by atoms with E-state index in [1.54, 1.807) is 13.0 Å². The molecule has 0 aliphatic heterocycles. The molecule has 0 amide bonds. The molecule has 1 aliphatic rings. The summed E-state index contributed by atoms with van der Waals surface area (Å²) in [5, 5.41) is 14.3. The van der Waals surface area contributed by atoms with E-state index < -0.39 is 0 Å². The fourth-order valence-corrected chi connectivity index (χ4v) is 3.36. The van der Waals surface area contributed by atoms with Gasteiger partial charge >= 0.3 is 0 Å². The Bertz CT molecular complexity index is 467. The zero-order valence-corrected chi connectivity index (χ0v) is 12.3. The average Bonchev–Trinajstić information content (AvgIpc) is 2.34. The van der Waals surface area contributed by atoms with Crippen LogP contribution in [0.25, 0.3) is 0 Å². The van der Waals surface area contributed by atoms with Gasteiger partial charge in [0.05, 0.1) is 4.92 Å². The van der Waals surface area contributed by atoms with Crippen LogP contribution < -0.4 is 5.32 Å². The van der Waals surface area contributed by atoms with E-state index >= 15 is 0 Å². The van der Waals surface area contributed by atoms with Gasteiger partial charge in [-0.1, -0.05) is 18.6 Å². The highest BCUT2D eigenvalue weighted by Gasteiger charge is 2.35. The SMILES string of the molecule is CSC1(CNCc2ccc(C)c([N+](=O)[O-])c2)CCC1. The van der Waals surface area contributed by atoms with Crippen LogP contribution in [0.1, 0.15) is 30.4 Å². The Morgan fingerprint density at radius 1 is 1.47 bits per heavy atom. The van der Waals surface area contributed by atoms with Gasteiger partial charge in [-0.2, -0.15) is 11.8 Å². The Balaban J connectivity index is 1.93. The van der Waals surface area contributed by atoms with Crippen LogP contribution in [-0.2, 0) is 6.54 Å². The number of nitrogens with zero attached hydrogens (tertiary/aromatic N) is 1. The molecule has 0 atom stereocenters. The summed E-state index contributed by atoms with van der Waals surface area (Å²) in [6, 6.07) is 5.46. The van der Waals surface area contributed by atoms with E-state index in [0.717, 1.165) is 12.1 Å². The molecule has 0 saturated heterocycles. The summed E-state index contributed by atoms with van der Waals surface area (Å²) in [5.41, 5.74) is 1.91. The van der Waals surface area contributed by atoms with Crippen molar-refractivity contribution in [3.8, 4) is 0 Å². The van der Waals surface area contributed by atoms with Gasteiger partial charge in [0.2, 0.25) is 0 Å². The maximum Gasteiger partial charge on any atom is 0.272 e. The molecule has 0 heterocycles. The van der Waals surface area contributed by atoms with Gasteiger partial charge in [0.15, 0.2) is 0 Å². The third kappa shape index (κ3) is 3.28. The molecule has 4 nitrogen and oxygen atoms in total. The molecule has 0 spiro atoms. The first-order chi connectivity index (χ1) is 9.06. The van der Waals surface area contributed by atoms with Gasteiger partial charge in [-0.25, -0.2) is 0 Å². The fourth-order valence-electron chi connectivity index (χ4n) is 2.42. The van der Waals surface area contributed by atoms with Crippen molar-refractivity contribution < 1.29 is 4.92 Å². The van der Waals surface area contributed by atoms with Crippen LogP contribution in [0.15, 0.2) is 18.2 Å². The van der Waals surface area contributed by atoms with Crippen LogP contribution in [0.2, 0.25) is 0 Å². The van der Waals surface area contributed by atoms with Gasteiger partial charge in [-0.05, 0) is 31.6 Å². The molecule has 0 unspecified atom stereocenters. The normalized spacial score (nSPS) is 16.9. The summed E-state index contributed by atoms with van der Waals surface area (Å²) in [6.45, 7) is 3.45. The van der Waals surface area contributed by atoms with Gasteiger partial charge in [0, 0.05) is 29.5 Å². The Morgan fingerprint density at radius 2 is 2.21 bits per heavy atom. The van der Waals surface area contributed by atoms with Crippen molar-refractivity contribution in [1.29, 1.82) is 0 Å². The Kier molecular flexibility index (Phi) is 4.47. The molecule has 2 rings (SSSR count). The summed E-state index contributed by atoms with van der Waals surface area (Å²) < 4.78 is 0.399. The van der Waals surface area contributed by atoms with Crippen molar-refractivity contribution in [3.63, 3.8) is 0 Å². The molecule has 0 radical (unpaired) electrons. The number of aryl methyl sites for hydroxylation is 1. The van der Waals surface area contributed by atoms with Crippen LogP contribution in [0.3, 0.4) is 0 Å². The molecule has 1 fully saturated rings. The molecular formula is C14H20N2O2S. The van der Waals surface area contributed by atoms with Crippen molar-refractivity contribution in [1.82, 2.24) is 5.32 Å². The summed E-state index contributed by atoms with van der Waals surface area (Å²) >= 11 is 1.93. The summed E-state index contributed by atoms with van der Waals surface area (Å²) in [4.78, 5) is 10.6. The lowest BCUT2D eigenvalue weighted by atomic mass is 9.84. The molecule has 104 valence electrons. The van der Waals surface area contributed by atoms with Crippen LogP contribution in [-0.4, -0.2) is 22.5 Å². The number of nitro benzene ring substituents is 1. The standard InChI is InChI=1S/C14H20N2O2S/c1-11-4-5-12(8-13(11)16(17)18)9-15-10-14(19-2)6-3-7-14/h4-5,8,15H,3,6-7,9-10H2,1-2H3. The molecule has 0 aromatic heterocycles. The third-order valence-electron chi connectivity index (χ3n) is 3.94. The minimum atomic E-state index is -0.311. The minimum Gasteiger partial charge on any atom is -0.311 e. The highest BCUT2D eigenvalue weighted by atomic mass is 32.2. The van der Waals surface area contributed by atoms with E-state index in [2.05, 4.69) is 11.6 Å². The Labute approximate surface area is 118 Å². The zero-order valence-electron chi connectivity index (χ0n) is 11.4. The molecular weight excluding hydrogens is 260 g/mol. The van der Waals surface area contributed by atoms with Crippen molar-refractivity contribution in [2.45, 2.75) is 37.5 Å². The van der Waals surface area contributed by atoms with E-state index in [1.165, 1.54) is 19.3 Å². The number of rotatable bonds is 6. The quantitative estimate of drug-likeness (QED) is 0.642. The average molecular weight is 280 g/mol. The molecule has 1 aromatic carbocycles. The molecule has 0 bridgehead atoms. The first-order valence-electron chi connectivity index (χ1n) is 6.56. The zero-order chi connectivity index (χ0) is 13.9. The number of hydrogen-bond acceptors (Lipinski definition) is 4. The van der Waals surface area contributed by atoms with Gasteiger partial charge in [0.25, 0.3) is 5.69 Å². The molecule has 19 heavy (non-hydrogen) atoms. The largest absolute Gasteiger partial charge is 0.311 e. The van der Waals surface area contributed by atoms with Gasteiger partial charge in [0.1, 0.15) is 0 Å². The van der Waals surface area contributed by atoms with E-state index in [-0.39, 0.29) is 10.6 Å². The van der Waals surface area contributed by atoms with Gasteiger partial charge in [-0.15, -0.1) is 0 Å². The number of nitrogens with one attached hydrogen (secondary N) is 1. The molecule has 1 aromatic rings. The first kappa shape index (κ1) is 14.3. The maximum atomic E-state index is 10.9. The maximum absolute atomic E-state index is 10.9. The fraction of sp³-hybridized carbons (Fsp3) is 0.571. The number of benzene rings is 1. The molecule has 1 N–H and O–H groups in total. The first-order valence-corrected chi connectivity index (χ1v) is 7.79. The lowest BCUT2D eigenvalue weighted by molar-refractivity contribution is -0.385. The van der Waals surface area contributed by atoms with E-state index in [4.69, 9.17) is 0 Å². The predicted molar refractivity (Wildman–Crippen MR) is 79.6 cm³/mol. The topological polar surface area (TPSA) is 55.2 Å². The van der Waals surface area contributed by atoms with E-state index in [0.29, 0.717) is 16.9 Å². The van der Waals surface area contributed by atoms with Gasteiger partial charge in [-0.3, -0.25) is 10.1 Å². The van der Waals surface area contributed by atoms with Crippen LogP contribution in [0.5, 0.6) is 0 Å². The summed E-state index contributed by atoms with van der Waals surface area (Å²) in [6.07, 6.45) is 6.03. The van der Waals surface area contributed by atoms with Crippen molar-refractivity contribution in [3.05, 3.63) is 39.4 Å². The third-order valence-corrected chi connectivity index (χ3v) is 5.36. The highest BCUT2D eigenvalue weighted by molar-refractivity contribution is 8.00. The van der Waals surface area contributed by atoms with Crippen LogP contribution in [0, 0.1) is 17.0 Å². The molecule has 1 aliphatic carbocycles. The summed E-state index contributed by atoms with van der Waals surface area (Å²) in [5.74, 6) is 0. The van der Waals surface area contributed by atoms with E-state index in [9.17, 15) is 10.1 Å². The van der Waals surface area contributed by atoms with Crippen molar-refractivity contribution in [2.75, 3.05) is 12.8 Å². The lowest BCUT2D eigenvalue weighted by Gasteiger charge is -2.40. The van der Waals surface area contributed by atoms with E-state index in [1.807, 2.05) is 23.9 Å². The minimum absolute atomic E-state index is 0.211. The molecule has 5 heteroatoms. The Hall–Kier alpha value is -1.07. The highest BCUT2D eigenvalue weighted by Crippen LogP contribution is 2.42. The van der Waals surface area contributed by atoms with Crippen LogP contribution >= 0.6 is 11.8 Å². The summed E-state index contributed by atoms with van der Waals surface area (Å²) in [7, 11) is 0.